The van der Waals surface area contributed by atoms with Gasteiger partial charge in [-0.2, -0.15) is 0 Å². The van der Waals surface area contributed by atoms with E-state index in [2.05, 4.69) is 32.0 Å². The molecule has 0 bridgehead atoms. The molecule has 1 atom stereocenters. The van der Waals surface area contributed by atoms with Gasteiger partial charge in [-0.05, 0) is 25.8 Å². The maximum atomic E-state index is 5.44. The summed E-state index contributed by atoms with van der Waals surface area (Å²) in [4.78, 5) is 0. The van der Waals surface area contributed by atoms with Crippen molar-refractivity contribution in [3.63, 3.8) is 0 Å². The van der Waals surface area contributed by atoms with E-state index in [1.807, 2.05) is 0 Å². The van der Waals surface area contributed by atoms with Crippen molar-refractivity contribution < 1.29 is 4.52 Å². The van der Waals surface area contributed by atoms with Crippen molar-refractivity contribution in [1.82, 2.24) is 0 Å². The van der Waals surface area contributed by atoms with Crippen LogP contribution in [0.3, 0.4) is 0 Å². The molecule has 3 heteroatoms. The first-order chi connectivity index (χ1) is 6.22. The molecular formula is C10H14ClOP. The van der Waals surface area contributed by atoms with Crippen molar-refractivity contribution in [2.75, 3.05) is 6.61 Å². The minimum absolute atomic E-state index is 0.0762. The molecule has 0 aliphatic rings. The average molecular weight is 217 g/mol. The lowest BCUT2D eigenvalue weighted by Gasteiger charge is -2.04. The molecule has 1 aromatic rings. The summed E-state index contributed by atoms with van der Waals surface area (Å²) in [5.74, 6) is 0. The zero-order chi connectivity index (χ0) is 9.68. The van der Waals surface area contributed by atoms with Gasteiger partial charge in [0.1, 0.15) is 8.16 Å². The van der Waals surface area contributed by atoms with Crippen LogP contribution in [-0.4, -0.2) is 6.61 Å². The molecule has 1 unspecified atom stereocenters. The summed E-state index contributed by atoms with van der Waals surface area (Å²) in [5, 5.41) is 0. The van der Waals surface area contributed by atoms with Crippen LogP contribution in [0.2, 0.25) is 0 Å². The van der Waals surface area contributed by atoms with Crippen LogP contribution in [0.1, 0.15) is 16.7 Å². The number of rotatable bonds is 4. The Bertz CT molecular complexity index is 255. The van der Waals surface area contributed by atoms with Gasteiger partial charge < -0.3 is 4.52 Å². The molecule has 0 saturated carbocycles. The summed E-state index contributed by atoms with van der Waals surface area (Å²) in [5.41, 5.74) is 3.94. The summed E-state index contributed by atoms with van der Waals surface area (Å²) in [6.45, 7) is 4.94. The van der Waals surface area contributed by atoms with Crippen LogP contribution < -0.4 is 0 Å². The fourth-order valence-electron chi connectivity index (χ4n) is 1.42. The van der Waals surface area contributed by atoms with Crippen LogP contribution in [0.15, 0.2) is 18.2 Å². The van der Waals surface area contributed by atoms with E-state index < -0.39 is 0 Å². The van der Waals surface area contributed by atoms with E-state index in [0.717, 1.165) is 6.42 Å². The van der Waals surface area contributed by atoms with Crippen LogP contribution in [0.4, 0.5) is 0 Å². The molecule has 0 aliphatic heterocycles. The maximum Gasteiger partial charge on any atom is 0.110 e. The fraction of sp³-hybridized carbons (Fsp3) is 0.400. The van der Waals surface area contributed by atoms with Gasteiger partial charge in [-0.25, -0.2) is 0 Å². The molecule has 0 heterocycles. The smallest absolute Gasteiger partial charge is 0.110 e. The summed E-state index contributed by atoms with van der Waals surface area (Å²) < 4.78 is 5.11. The lowest BCUT2D eigenvalue weighted by molar-refractivity contribution is 0.374. The van der Waals surface area contributed by atoms with Gasteiger partial charge in [0.05, 0.1) is 6.61 Å². The molecule has 1 aromatic carbocycles. The van der Waals surface area contributed by atoms with Crippen LogP contribution in [-0.2, 0) is 10.9 Å². The SMILES string of the molecule is Cc1cc(C)cc(CCOPCl)c1. The van der Waals surface area contributed by atoms with E-state index in [1.165, 1.54) is 16.7 Å². The largest absolute Gasteiger partial charge is 0.346 e. The van der Waals surface area contributed by atoms with Gasteiger partial charge in [-0.15, -0.1) is 0 Å². The van der Waals surface area contributed by atoms with Gasteiger partial charge in [-0.1, -0.05) is 40.6 Å². The van der Waals surface area contributed by atoms with Crippen LogP contribution in [0, 0.1) is 13.8 Å². The van der Waals surface area contributed by atoms with Gasteiger partial charge in [0.2, 0.25) is 0 Å². The van der Waals surface area contributed by atoms with E-state index in [-0.39, 0.29) is 8.16 Å². The zero-order valence-electron chi connectivity index (χ0n) is 7.93. The maximum absolute atomic E-state index is 5.44. The number of halogens is 1. The third kappa shape index (κ3) is 4.08. The zero-order valence-corrected chi connectivity index (χ0v) is 9.69. The minimum atomic E-state index is 0.0762. The first kappa shape index (κ1) is 11.0. The highest BCUT2D eigenvalue weighted by atomic mass is 35.7. The lowest BCUT2D eigenvalue weighted by atomic mass is 10.1. The quantitative estimate of drug-likeness (QED) is 0.552. The Balaban J connectivity index is 2.56. The third-order valence-electron chi connectivity index (χ3n) is 1.83. The second-order valence-electron chi connectivity index (χ2n) is 3.17. The Hall–Kier alpha value is -0.100. The number of benzene rings is 1. The lowest BCUT2D eigenvalue weighted by Crippen LogP contribution is -1.93. The molecule has 0 radical (unpaired) electrons. The topological polar surface area (TPSA) is 9.23 Å². The van der Waals surface area contributed by atoms with Crippen LogP contribution in [0.5, 0.6) is 0 Å². The molecule has 0 fully saturated rings. The Labute approximate surface area is 86.1 Å². The van der Waals surface area contributed by atoms with Crippen molar-refractivity contribution >= 4 is 19.4 Å². The second kappa shape index (κ2) is 5.59. The van der Waals surface area contributed by atoms with Gasteiger partial charge in [0.25, 0.3) is 0 Å². The molecular weight excluding hydrogens is 203 g/mol. The predicted molar refractivity (Wildman–Crippen MR) is 59.7 cm³/mol. The van der Waals surface area contributed by atoms with Crippen molar-refractivity contribution in [1.29, 1.82) is 0 Å². The van der Waals surface area contributed by atoms with E-state index in [0.29, 0.717) is 6.61 Å². The molecule has 13 heavy (non-hydrogen) atoms. The van der Waals surface area contributed by atoms with Crippen LogP contribution >= 0.6 is 19.4 Å². The summed E-state index contributed by atoms with van der Waals surface area (Å²) >= 11 is 5.44. The van der Waals surface area contributed by atoms with Crippen LogP contribution in [0.25, 0.3) is 0 Å². The molecule has 0 aromatic heterocycles. The standard InChI is InChI=1S/C10H14ClOP/c1-8-5-9(2)7-10(6-8)3-4-12-13-11/h5-7,13H,3-4H2,1-2H3. The van der Waals surface area contributed by atoms with E-state index in [9.17, 15) is 0 Å². The van der Waals surface area contributed by atoms with Gasteiger partial charge in [0.15, 0.2) is 0 Å². The van der Waals surface area contributed by atoms with Crippen molar-refractivity contribution in [3.8, 4) is 0 Å². The molecule has 0 saturated heterocycles. The molecule has 0 amide bonds. The Morgan fingerprint density at radius 3 is 2.38 bits per heavy atom. The Morgan fingerprint density at radius 1 is 1.23 bits per heavy atom. The summed E-state index contributed by atoms with van der Waals surface area (Å²) in [6, 6.07) is 6.55. The molecule has 0 aliphatic carbocycles. The fourth-order valence-corrected chi connectivity index (χ4v) is 1.83. The number of hydrogen-bond acceptors (Lipinski definition) is 1. The summed E-state index contributed by atoms with van der Waals surface area (Å²) in [6.07, 6.45) is 0.947. The Kier molecular flexibility index (Phi) is 4.72. The molecule has 1 nitrogen and oxygen atoms in total. The minimum Gasteiger partial charge on any atom is -0.346 e. The second-order valence-corrected chi connectivity index (χ2v) is 4.08. The molecule has 1 rings (SSSR count). The predicted octanol–water partition coefficient (Wildman–Crippen LogP) is 3.61. The Morgan fingerprint density at radius 2 is 1.85 bits per heavy atom. The van der Waals surface area contributed by atoms with E-state index in [4.69, 9.17) is 15.8 Å². The first-order valence-corrected chi connectivity index (χ1v) is 6.19. The highest BCUT2D eigenvalue weighted by molar-refractivity contribution is 7.64. The number of aryl methyl sites for hydroxylation is 2. The van der Waals surface area contributed by atoms with Gasteiger partial charge >= 0.3 is 0 Å². The molecule has 0 N–H and O–H groups in total. The van der Waals surface area contributed by atoms with Crippen molar-refractivity contribution in [2.45, 2.75) is 20.3 Å². The third-order valence-corrected chi connectivity index (χ3v) is 2.47. The first-order valence-electron chi connectivity index (χ1n) is 4.27. The van der Waals surface area contributed by atoms with Gasteiger partial charge in [0, 0.05) is 0 Å². The number of hydrogen-bond donors (Lipinski definition) is 0. The van der Waals surface area contributed by atoms with Crippen molar-refractivity contribution in [2.24, 2.45) is 0 Å². The monoisotopic (exact) mass is 216 g/mol. The van der Waals surface area contributed by atoms with E-state index in [1.54, 1.807) is 0 Å². The highest BCUT2D eigenvalue weighted by Crippen LogP contribution is 2.17. The van der Waals surface area contributed by atoms with Gasteiger partial charge in [-0.3, -0.25) is 0 Å². The van der Waals surface area contributed by atoms with Crippen molar-refractivity contribution in [3.05, 3.63) is 34.9 Å². The van der Waals surface area contributed by atoms with E-state index >= 15 is 0 Å². The summed E-state index contributed by atoms with van der Waals surface area (Å²) in [7, 11) is 0.0762. The molecule has 0 spiro atoms. The molecule has 72 valence electrons. The highest BCUT2D eigenvalue weighted by Gasteiger charge is 1.95. The normalized spacial score (nSPS) is 11.3. The average Bonchev–Trinajstić information content (AvgIpc) is 2.03.